The van der Waals surface area contributed by atoms with E-state index in [2.05, 4.69) is 5.32 Å². The van der Waals surface area contributed by atoms with E-state index in [0.29, 0.717) is 12.8 Å². The fourth-order valence-corrected chi connectivity index (χ4v) is 3.56. The van der Waals surface area contributed by atoms with Gasteiger partial charge in [-0.2, -0.15) is 0 Å². The molecule has 7 nitrogen and oxygen atoms in total. The minimum Gasteiger partial charge on any atom is -0.454 e. The lowest BCUT2D eigenvalue weighted by atomic mass is 9.98. The molecule has 3 rings (SSSR count). The van der Waals surface area contributed by atoms with Gasteiger partial charge in [0.05, 0.1) is 6.42 Å². The van der Waals surface area contributed by atoms with Gasteiger partial charge in [-0.3, -0.25) is 19.3 Å². The van der Waals surface area contributed by atoms with Gasteiger partial charge < -0.3 is 10.1 Å². The van der Waals surface area contributed by atoms with Gasteiger partial charge in [-0.05, 0) is 44.0 Å². The van der Waals surface area contributed by atoms with Crippen LogP contribution in [0, 0.1) is 5.82 Å². The van der Waals surface area contributed by atoms with Gasteiger partial charge in [-0.25, -0.2) is 9.18 Å². The van der Waals surface area contributed by atoms with E-state index in [4.69, 9.17) is 4.74 Å². The zero-order valence-electron chi connectivity index (χ0n) is 15.0. The number of benzene rings is 1. The third-order valence-corrected chi connectivity index (χ3v) is 5.05. The summed E-state index contributed by atoms with van der Waals surface area (Å²) < 4.78 is 18.0. The van der Waals surface area contributed by atoms with Crippen LogP contribution in [0.15, 0.2) is 24.3 Å². The second kappa shape index (κ2) is 7.46. The van der Waals surface area contributed by atoms with E-state index in [-0.39, 0.29) is 24.4 Å². The lowest BCUT2D eigenvalue weighted by molar-refractivity contribution is -0.146. The van der Waals surface area contributed by atoms with Crippen LogP contribution in [0.1, 0.15) is 49.4 Å². The van der Waals surface area contributed by atoms with Gasteiger partial charge in [-0.15, -0.1) is 0 Å². The van der Waals surface area contributed by atoms with Gasteiger partial charge in [-0.1, -0.05) is 12.8 Å². The van der Waals surface area contributed by atoms with Crippen LogP contribution in [0.4, 0.5) is 9.18 Å². The Kier molecular flexibility index (Phi) is 5.25. The molecule has 0 radical (unpaired) electrons. The Morgan fingerprint density at radius 2 is 1.85 bits per heavy atom. The summed E-state index contributed by atoms with van der Waals surface area (Å²) in [4.78, 5) is 49.8. The van der Waals surface area contributed by atoms with Gasteiger partial charge in [0.1, 0.15) is 11.4 Å². The molecule has 1 spiro atoms. The molecule has 1 heterocycles. The maximum atomic E-state index is 12.9. The first kappa shape index (κ1) is 19.0. The lowest BCUT2D eigenvalue weighted by Gasteiger charge is -2.20. The van der Waals surface area contributed by atoms with Crippen LogP contribution in [0.25, 0.3) is 0 Å². The standard InChI is InChI=1S/C19H21FN2O5/c1-12(16(24)13-4-6-14(20)7-5-13)27-15(23)8-11-22-17(25)19(21-18(22)26)9-2-3-10-19/h4-7,12H,2-3,8-11H2,1H3,(H,21,26)/t12-/m1/s1. The number of esters is 1. The lowest BCUT2D eigenvalue weighted by Crippen LogP contribution is -2.44. The molecule has 2 fully saturated rings. The number of rotatable bonds is 6. The molecule has 0 unspecified atom stereocenters. The van der Waals surface area contributed by atoms with Gasteiger partial charge in [0.25, 0.3) is 5.91 Å². The highest BCUT2D eigenvalue weighted by atomic mass is 19.1. The molecule has 27 heavy (non-hydrogen) atoms. The van der Waals surface area contributed by atoms with Crippen molar-refractivity contribution in [2.24, 2.45) is 0 Å². The number of halogens is 1. The van der Waals surface area contributed by atoms with E-state index in [0.717, 1.165) is 29.9 Å². The van der Waals surface area contributed by atoms with Crippen molar-refractivity contribution >= 4 is 23.7 Å². The Morgan fingerprint density at radius 1 is 1.22 bits per heavy atom. The van der Waals surface area contributed by atoms with Crippen molar-refractivity contribution in [1.82, 2.24) is 10.2 Å². The molecule has 8 heteroatoms. The van der Waals surface area contributed by atoms with Crippen LogP contribution >= 0.6 is 0 Å². The van der Waals surface area contributed by atoms with E-state index < -0.39 is 35.2 Å². The third-order valence-electron chi connectivity index (χ3n) is 5.05. The second-order valence-electron chi connectivity index (χ2n) is 6.93. The number of carbonyl (C=O) groups excluding carboxylic acids is 4. The molecule has 1 aromatic carbocycles. The van der Waals surface area contributed by atoms with E-state index in [1.807, 2.05) is 0 Å². The van der Waals surface area contributed by atoms with Gasteiger partial charge in [0.15, 0.2) is 6.10 Å². The molecule has 144 valence electrons. The first-order valence-electron chi connectivity index (χ1n) is 8.96. The molecule has 1 atom stereocenters. The fourth-order valence-electron chi connectivity index (χ4n) is 3.56. The van der Waals surface area contributed by atoms with Gasteiger partial charge in [0.2, 0.25) is 5.78 Å². The van der Waals surface area contributed by atoms with Crippen molar-refractivity contribution in [3.63, 3.8) is 0 Å². The predicted molar refractivity (Wildman–Crippen MR) is 92.3 cm³/mol. The summed E-state index contributed by atoms with van der Waals surface area (Å²) in [5.74, 6) is -1.91. The highest BCUT2D eigenvalue weighted by Gasteiger charge is 2.52. The second-order valence-corrected chi connectivity index (χ2v) is 6.93. The molecule has 2 aliphatic rings. The van der Waals surface area contributed by atoms with Crippen molar-refractivity contribution in [2.75, 3.05) is 6.54 Å². The molecule has 1 saturated heterocycles. The van der Waals surface area contributed by atoms with Crippen molar-refractivity contribution in [3.05, 3.63) is 35.6 Å². The summed E-state index contributed by atoms with van der Waals surface area (Å²) in [6.07, 6.45) is 1.74. The number of nitrogens with one attached hydrogen (secondary N) is 1. The topological polar surface area (TPSA) is 92.8 Å². The van der Waals surface area contributed by atoms with E-state index in [9.17, 15) is 23.6 Å². The summed E-state index contributed by atoms with van der Waals surface area (Å²) >= 11 is 0. The Labute approximate surface area is 155 Å². The normalized spacial score (nSPS) is 19.3. The zero-order valence-corrected chi connectivity index (χ0v) is 15.0. The first-order valence-corrected chi connectivity index (χ1v) is 8.96. The minimum absolute atomic E-state index is 0.0945. The summed E-state index contributed by atoms with van der Waals surface area (Å²) in [6.45, 7) is 1.33. The molecule has 1 N–H and O–H groups in total. The average molecular weight is 376 g/mol. The van der Waals surface area contributed by atoms with E-state index in [1.165, 1.54) is 19.1 Å². The molecule has 3 amide bonds. The van der Waals surface area contributed by atoms with Crippen molar-refractivity contribution in [3.8, 4) is 0 Å². The quantitative estimate of drug-likeness (QED) is 0.467. The molecule has 1 aromatic rings. The van der Waals surface area contributed by atoms with Crippen molar-refractivity contribution in [2.45, 2.75) is 50.7 Å². The number of nitrogens with zero attached hydrogens (tertiary/aromatic N) is 1. The number of amides is 3. The van der Waals surface area contributed by atoms with Crippen LogP contribution in [0.5, 0.6) is 0 Å². The van der Waals surface area contributed by atoms with Crippen molar-refractivity contribution < 1.29 is 28.3 Å². The molecule has 0 bridgehead atoms. The predicted octanol–water partition coefficient (Wildman–Crippen LogP) is 2.19. The molecular weight excluding hydrogens is 355 g/mol. The first-order chi connectivity index (χ1) is 12.8. The molecule has 0 aromatic heterocycles. The molecule has 1 aliphatic heterocycles. The van der Waals surface area contributed by atoms with E-state index in [1.54, 1.807) is 0 Å². The van der Waals surface area contributed by atoms with Crippen LogP contribution in [-0.4, -0.2) is 46.8 Å². The SMILES string of the molecule is C[C@@H](OC(=O)CCN1C(=O)NC2(CCCC2)C1=O)C(=O)c1ccc(F)cc1. The Bertz CT molecular complexity index is 771. The number of imide groups is 1. The number of carbonyl (C=O) groups is 4. The monoisotopic (exact) mass is 376 g/mol. The molecule has 1 aliphatic carbocycles. The summed E-state index contributed by atoms with van der Waals surface area (Å²) in [5.41, 5.74) is -0.582. The number of urea groups is 1. The number of ether oxygens (including phenoxy) is 1. The Morgan fingerprint density at radius 3 is 2.48 bits per heavy atom. The number of ketones is 1. The number of hydrogen-bond donors (Lipinski definition) is 1. The molecule has 1 saturated carbocycles. The van der Waals surface area contributed by atoms with Crippen LogP contribution in [0.2, 0.25) is 0 Å². The summed E-state index contributed by atoms with van der Waals surface area (Å²) in [6, 6.07) is 4.44. The highest BCUT2D eigenvalue weighted by Crippen LogP contribution is 2.35. The smallest absolute Gasteiger partial charge is 0.325 e. The average Bonchev–Trinajstić information content (AvgIpc) is 3.19. The largest absolute Gasteiger partial charge is 0.454 e. The van der Waals surface area contributed by atoms with Crippen LogP contribution < -0.4 is 5.32 Å². The summed E-state index contributed by atoms with van der Waals surface area (Å²) in [5, 5.41) is 2.74. The number of hydrogen-bond acceptors (Lipinski definition) is 5. The van der Waals surface area contributed by atoms with Crippen molar-refractivity contribution in [1.29, 1.82) is 0 Å². The number of Topliss-reactive ketones (excluding diaryl/α,β-unsaturated/α-hetero) is 1. The van der Waals surface area contributed by atoms with Gasteiger partial charge >= 0.3 is 12.0 Å². The zero-order chi connectivity index (χ0) is 19.6. The Balaban J connectivity index is 1.52. The molecular formula is C19H21FN2O5. The van der Waals surface area contributed by atoms with Crippen LogP contribution in [0.3, 0.4) is 0 Å². The fraction of sp³-hybridized carbons (Fsp3) is 0.474. The Hall–Kier alpha value is -2.77. The maximum absolute atomic E-state index is 12.9. The van der Waals surface area contributed by atoms with E-state index >= 15 is 0 Å². The minimum atomic E-state index is -1.05. The highest BCUT2D eigenvalue weighted by molar-refractivity contribution is 6.07. The maximum Gasteiger partial charge on any atom is 0.325 e. The van der Waals surface area contributed by atoms with Crippen LogP contribution in [-0.2, 0) is 14.3 Å². The van der Waals surface area contributed by atoms with Gasteiger partial charge in [0, 0.05) is 12.1 Å². The summed E-state index contributed by atoms with van der Waals surface area (Å²) in [7, 11) is 0. The third kappa shape index (κ3) is 3.84.